The van der Waals surface area contributed by atoms with Gasteiger partial charge in [0.05, 0.1) is 5.56 Å². The zero-order valence-electron chi connectivity index (χ0n) is 12.9. The number of carbonyl (C=O) groups excluding carboxylic acids is 2. The van der Waals surface area contributed by atoms with E-state index in [1.165, 1.54) is 12.4 Å². The van der Waals surface area contributed by atoms with Gasteiger partial charge in [-0.1, -0.05) is 17.7 Å². The van der Waals surface area contributed by atoms with Crippen LogP contribution in [0.15, 0.2) is 36.7 Å². The first-order chi connectivity index (χ1) is 11.7. The topological polar surface area (TPSA) is 78.4 Å². The van der Waals surface area contributed by atoms with Crippen LogP contribution in [0.25, 0.3) is 0 Å². The van der Waals surface area contributed by atoms with Crippen molar-refractivity contribution in [3.05, 3.63) is 47.2 Å². The molecule has 2 heterocycles. The minimum absolute atomic E-state index is 0.297. The first kappa shape index (κ1) is 16.2. The molecule has 0 unspecified atom stereocenters. The van der Waals surface area contributed by atoms with E-state index >= 15 is 0 Å². The lowest BCUT2D eigenvalue weighted by molar-refractivity contribution is -0.118. The third kappa shape index (κ3) is 3.80. The van der Waals surface area contributed by atoms with Crippen LogP contribution in [-0.2, 0) is 4.79 Å². The van der Waals surface area contributed by atoms with E-state index in [0.29, 0.717) is 48.4 Å². The van der Waals surface area contributed by atoms with Gasteiger partial charge in [0.1, 0.15) is 0 Å². The minimum atomic E-state index is -0.297. The lowest BCUT2D eigenvalue weighted by atomic mass is 10.2. The molecule has 1 aliphatic rings. The summed E-state index contributed by atoms with van der Waals surface area (Å²) in [5.74, 6) is 0.259. The van der Waals surface area contributed by atoms with E-state index in [4.69, 9.17) is 11.6 Å². The average Bonchev–Trinajstić information content (AvgIpc) is 2.62. The highest BCUT2D eigenvalue weighted by atomic mass is 35.5. The number of nitrogens with zero attached hydrogens (tertiary/aromatic N) is 4. The number of anilines is 2. The Bertz CT molecular complexity index is 730. The van der Waals surface area contributed by atoms with E-state index in [2.05, 4.69) is 15.3 Å². The molecule has 1 fully saturated rings. The van der Waals surface area contributed by atoms with Crippen molar-refractivity contribution >= 4 is 35.6 Å². The molecule has 1 N–H and O–H groups in total. The maximum Gasteiger partial charge on any atom is 0.258 e. The maximum atomic E-state index is 12.2. The predicted molar refractivity (Wildman–Crippen MR) is 91.3 cm³/mol. The third-order valence-corrected chi connectivity index (χ3v) is 3.96. The number of rotatable bonds is 4. The number of aromatic nitrogens is 2. The van der Waals surface area contributed by atoms with Gasteiger partial charge in [-0.2, -0.15) is 0 Å². The van der Waals surface area contributed by atoms with E-state index in [0.717, 1.165) is 6.41 Å². The molecule has 7 nitrogen and oxygen atoms in total. The Kier molecular flexibility index (Phi) is 4.90. The molecular formula is C16H16ClN5O2. The summed E-state index contributed by atoms with van der Waals surface area (Å²) in [7, 11) is 0. The predicted octanol–water partition coefficient (Wildman–Crippen LogP) is 1.66. The Morgan fingerprint density at radius 2 is 1.88 bits per heavy atom. The number of benzene rings is 1. The van der Waals surface area contributed by atoms with Gasteiger partial charge in [-0.3, -0.25) is 9.59 Å². The first-order valence-electron chi connectivity index (χ1n) is 7.49. The van der Waals surface area contributed by atoms with Gasteiger partial charge in [0, 0.05) is 49.3 Å². The molecule has 0 atom stereocenters. The van der Waals surface area contributed by atoms with Crippen LogP contribution in [0.2, 0.25) is 5.02 Å². The summed E-state index contributed by atoms with van der Waals surface area (Å²) in [6.07, 6.45) is 3.84. The van der Waals surface area contributed by atoms with Gasteiger partial charge in [0.2, 0.25) is 12.4 Å². The van der Waals surface area contributed by atoms with E-state index in [1.54, 1.807) is 29.2 Å². The molecule has 1 aromatic carbocycles. The van der Waals surface area contributed by atoms with Crippen LogP contribution < -0.4 is 10.2 Å². The van der Waals surface area contributed by atoms with Crippen LogP contribution in [0, 0.1) is 0 Å². The molecule has 124 valence electrons. The van der Waals surface area contributed by atoms with Crippen molar-refractivity contribution in [1.82, 2.24) is 14.9 Å². The Hall–Kier alpha value is -2.67. The summed E-state index contributed by atoms with van der Waals surface area (Å²) < 4.78 is 0. The summed E-state index contributed by atoms with van der Waals surface area (Å²) in [5, 5.41) is 3.30. The molecule has 8 heteroatoms. The molecule has 24 heavy (non-hydrogen) atoms. The molecule has 1 aromatic heterocycles. The van der Waals surface area contributed by atoms with Gasteiger partial charge in [-0.15, -0.1) is 0 Å². The van der Waals surface area contributed by atoms with Crippen LogP contribution in [0.5, 0.6) is 0 Å². The van der Waals surface area contributed by atoms with Crippen molar-refractivity contribution in [2.45, 2.75) is 0 Å². The van der Waals surface area contributed by atoms with E-state index in [1.807, 2.05) is 4.90 Å². The summed E-state index contributed by atoms with van der Waals surface area (Å²) in [6.45, 7) is 2.63. The second kappa shape index (κ2) is 7.27. The van der Waals surface area contributed by atoms with Crippen molar-refractivity contribution in [2.24, 2.45) is 0 Å². The second-order valence-corrected chi connectivity index (χ2v) is 5.80. The fourth-order valence-corrected chi connectivity index (χ4v) is 2.59. The van der Waals surface area contributed by atoms with E-state index in [-0.39, 0.29) is 5.91 Å². The highest BCUT2D eigenvalue weighted by Crippen LogP contribution is 2.16. The zero-order valence-corrected chi connectivity index (χ0v) is 13.6. The molecule has 3 rings (SSSR count). The summed E-state index contributed by atoms with van der Waals surface area (Å²) in [4.78, 5) is 35.1. The van der Waals surface area contributed by atoms with Crippen molar-refractivity contribution in [3.63, 3.8) is 0 Å². The molecule has 0 aliphatic carbocycles. The number of carbonyl (C=O) groups is 2. The van der Waals surface area contributed by atoms with Crippen molar-refractivity contribution in [1.29, 1.82) is 0 Å². The molecule has 2 amide bonds. The Labute approximate surface area is 144 Å². The highest BCUT2D eigenvalue weighted by Gasteiger charge is 2.18. The fourth-order valence-electron chi connectivity index (χ4n) is 2.40. The number of piperazine rings is 1. The maximum absolute atomic E-state index is 12.2. The van der Waals surface area contributed by atoms with Crippen LogP contribution in [0.1, 0.15) is 10.4 Å². The van der Waals surface area contributed by atoms with Gasteiger partial charge in [-0.05, 0) is 18.2 Å². The normalized spacial score (nSPS) is 14.4. The molecule has 0 radical (unpaired) electrons. The van der Waals surface area contributed by atoms with Crippen molar-refractivity contribution in [3.8, 4) is 0 Å². The summed E-state index contributed by atoms with van der Waals surface area (Å²) in [6, 6.07) is 6.92. The largest absolute Gasteiger partial charge is 0.342 e. The van der Waals surface area contributed by atoms with E-state index < -0.39 is 0 Å². The fraction of sp³-hybridized carbons (Fsp3) is 0.250. The van der Waals surface area contributed by atoms with Gasteiger partial charge < -0.3 is 15.1 Å². The number of hydrogen-bond acceptors (Lipinski definition) is 5. The van der Waals surface area contributed by atoms with Gasteiger partial charge >= 0.3 is 0 Å². The van der Waals surface area contributed by atoms with Crippen LogP contribution in [0.4, 0.5) is 11.6 Å². The molecule has 0 bridgehead atoms. The van der Waals surface area contributed by atoms with Crippen LogP contribution in [-0.4, -0.2) is 53.4 Å². The Balaban J connectivity index is 1.64. The Morgan fingerprint density at radius 1 is 1.17 bits per heavy atom. The average molecular weight is 346 g/mol. The number of halogens is 1. The Morgan fingerprint density at radius 3 is 2.50 bits per heavy atom. The molecular weight excluding hydrogens is 330 g/mol. The van der Waals surface area contributed by atoms with Gasteiger partial charge in [0.15, 0.2) is 0 Å². The highest BCUT2D eigenvalue weighted by molar-refractivity contribution is 6.30. The monoisotopic (exact) mass is 345 g/mol. The molecule has 1 saturated heterocycles. The SMILES string of the molecule is O=CN1CCN(c2ncc(C(=O)Nc3cccc(Cl)c3)cn2)CC1. The minimum Gasteiger partial charge on any atom is -0.342 e. The standard InChI is InChI=1S/C16H16ClN5O2/c17-13-2-1-3-14(8-13)20-15(24)12-9-18-16(19-10-12)22-6-4-21(11-23)5-7-22/h1-3,8-11H,4-7H2,(H,20,24). The lowest BCUT2D eigenvalue weighted by Crippen LogP contribution is -2.46. The van der Waals surface area contributed by atoms with Gasteiger partial charge in [0.25, 0.3) is 5.91 Å². The zero-order chi connectivity index (χ0) is 16.9. The smallest absolute Gasteiger partial charge is 0.258 e. The molecule has 2 aromatic rings. The third-order valence-electron chi connectivity index (χ3n) is 3.73. The number of nitrogens with one attached hydrogen (secondary N) is 1. The van der Waals surface area contributed by atoms with E-state index in [9.17, 15) is 9.59 Å². The first-order valence-corrected chi connectivity index (χ1v) is 7.87. The second-order valence-electron chi connectivity index (χ2n) is 5.36. The van der Waals surface area contributed by atoms with Crippen molar-refractivity contribution < 1.29 is 9.59 Å². The number of hydrogen-bond donors (Lipinski definition) is 1. The summed E-state index contributed by atoms with van der Waals surface area (Å²) in [5.41, 5.74) is 0.979. The molecule has 1 aliphatic heterocycles. The number of amides is 2. The summed E-state index contributed by atoms with van der Waals surface area (Å²) >= 11 is 5.90. The van der Waals surface area contributed by atoms with Crippen molar-refractivity contribution in [2.75, 3.05) is 36.4 Å². The van der Waals surface area contributed by atoms with Gasteiger partial charge in [-0.25, -0.2) is 9.97 Å². The molecule has 0 spiro atoms. The quantitative estimate of drug-likeness (QED) is 0.853. The molecule has 0 saturated carbocycles. The van der Waals surface area contributed by atoms with Crippen LogP contribution >= 0.6 is 11.6 Å². The lowest BCUT2D eigenvalue weighted by Gasteiger charge is -2.32. The van der Waals surface area contributed by atoms with Crippen LogP contribution in [0.3, 0.4) is 0 Å².